The van der Waals surface area contributed by atoms with Crippen molar-refractivity contribution in [1.29, 1.82) is 0 Å². The van der Waals surface area contributed by atoms with Crippen molar-refractivity contribution in [2.75, 3.05) is 19.6 Å². The maximum atomic E-state index is 2.59. The molecule has 11 heavy (non-hydrogen) atoms. The van der Waals surface area contributed by atoms with Crippen molar-refractivity contribution in [3.8, 4) is 0 Å². The largest absolute Gasteiger partial charge is 0.302 e. The molecular weight excluding hydrogens is 249 g/mol. The minimum Gasteiger partial charge on any atom is -0.302 e. The van der Waals surface area contributed by atoms with Crippen LogP contribution in [0.1, 0.15) is 26.7 Å². The Balaban J connectivity index is 2.08. The number of likely N-dealkylation sites (tertiary alicyclic amines) is 1. The number of alkyl halides is 1. The highest BCUT2D eigenvalue weighted by Gasteiger charge is 2.18. The van der Waals surface area contributed by atoms with Gasteiger partial charge in [-0.25, -0.2) is 0 Å². The number of hydrogen-bond donors (Lipinski definition) is 0. The van der Waals surface area contributed by atoms with Crippen LogP contribution >= 0.6 is 22.6 Å². The summed E-state index contributed by atoms with van der Waals surface area (Å²) in [6, 6.07) is 0. The summed E-state index contributed by atoms with van der Waals surface area (Å²) in [6.45, 7) is 8.58. The molecule has 0 amide bonds. The molecule has 0 aromatic rings. The lowest BCUT2D eigenvalue weighted by atomic mass is 10.1. The average molecular weight is 267 g/mol. The highest BCUT2D eigenvalue weighted by atomic mass is 127. The third kappa shape index (κ3) is 3.74. The third-order valence-corrected chi connectivity index (χ3v) is 3.25. The molecule has 0 spiro atoms. The molecule has 1 rings (SSSR count). The predicted octanol–water partition coefficient (Wildman–Crippen LogP) is 2.54. The molecule has 1 heterocycles. The zero-order valence-corrected chi connectivity index (χ0v) is 9.67. The van der Waals surface area contributed by atoms with Crippen LogP contribution in [0, 0.1) is 5.92 Å². The fraction of sp³-hybridized carbons (Fsp3) is 1.00. The Hall–Kier alpha value is 0.690. The summed E-state index contributed by atoms with van der Waals surface area (Å²) in [4.78, 5) is 2.59. The molecule has 1 aliphatic heterocycles. The van der Waals surface area contributed by atoms with Crippen LogP contribution in [-0.2, 0) is 0 Å². The van der Waals surface area contributed by atoms with E-state index in [-0.39, 0.29) is 0 Å². The van der Waals surface area contributed by atoms with Gasteiger partial charge in [0.2, 0.25) is 0 Å². The maximum Gasteiger partial charge on any atom is 0.0249 e. The lowest BCUT2D eigenvalue weighted by Crippen LogP contribution is -2.22. The summed E-state index contributed by atoms with van der Waals surface area (Å²) in [7, 11) is 0. The third-order valence-electron chi connectivity index (χ3n) is 2.24. The van der Waals surface area contributed by atoms with Crippen LogP contribution in [0.4, 0.5) is 0 Å². The Morgan fingerprint density at radius 1 is 1.55 bits per heavy atom. The van der Waals surface area contributed by atoms with E-state index in [9.17, 15) is 0 Å². The Morgan fingerprint density at radius 2 is 2.27 bits per heavy atom. The molecule has 0 bridgehead atoms. The molecule has 1 nitrogen and oxygen atoms in total. The lowest BCUT2D eigenvalue weighted by Gasteiger charge is -2.15. The first-order valence-corrected chi connectivity index (χ1v) is 5.79. The van der Waals surface area contributed by atoms with Crippen molar-refractivity contribution in [2.45, 2.75) is 30.6 Å². The van der Waals surface area contributed by atoms with Gasteiger partial charge in [-0.2, -0.15) is 0 Å². The average Bonchev–Trinajstić information content (AvgIpc) is 2.31. The fourth-order valence-corrected chi connectivity index (χ4v) is 2.26. The number of rotatable bonds is 3. The lowest BCUT2D eigenvalue weighted by molar-refractivity contribution is 0.315. The van der Waals surface area contributed by atoms with Gasteiger partial charge in [-0.15, -0.1) is 0 Å². The van der Waals surface area contributed by atoms with Crippen molar-refractivity contribution in [3.63, 3.8) is 0 Å². The highest BCUT2D eigenvalue weighted by molar-refractivity contribution is 14.1. The van der Waals surface area contributed by atoms with Gasteiger partial charge in [0.25, 0.3) is 0 Å². The van der Waals surface area contributed by atoms with Crippen molar-refractivity contribution in [1.82, 2.24) is 4.90 Å². The van der Waals surface area contributed by atoms with E-state index in [0.29, 0.717) is 0 Å². The molecule has 0 saturated carbocycles. The first kappa shape index (κ1) is 9.78. The molecule has 0 N–H and O–H groups in total. The Morgan fingerprint density at radius 3 is 2.73 bits per heavy atom. The molecule has 1 aliphatic rings. The van der Waals surface area contributed by atoms with Gasteiger partial charge >= 0.3 is 0 Å². The molecule has 0 aromatic heterocycles. The Bertz CT molecular complexity index is 114. The topological polar surface area (TPSA) is 3.24 Å². The molecule has 1 fully saturated rings. The van der Waals surface area contributed by atoms with Gasteiger partial charge in [0.15, 0.2) is 0 Å². The van der Waals surface area contributed by atoms with Crippen LogP contribution < -0.4 is 0 Å². The SMILES string of the molecule is CC(C)CCN1CC[C@@H](I)C1. The molecule has 1 atom stereocenters. The second kappa shape index (κ2) is 4.65. The normalized spacial score (nSPS) is 26.7. The molecular formula is C9H18IN. The van der Waals surface area contributed by atoms with E-state index < -0.39 is 0 Å². The molecule has 0 aliphatic carbocycles. The van der Waals surface area contributed by atoms with E-state index >= 15 is 0 Å². The van der Waals surface area contributed by atoms with E-state index in [2.05, 4.69) is 41.3 Å². The van der Waals surface area contributed by atoms with Gasteiger partial charge < -0.3 is 4.90 Å². The maximum absolute atomic E-state index is 2.59. The van der Waals surface area contributed by atoms with Crippen LogP contribution in [0.15, 0.2) is 0 Å². The Labute approximate surface area is 83.7 Å². The summed E-state index contributed by atoms with van der Waals surface area (Å²) in [6.07, 6.45) is 2.77. The number of nitrogens with zero attached hydrogens (tertiary/aromatic N) is 1. The predicted molar refractivity (Wildman–Crippen MR) is 58.3 cm³/mol. The van der Waals surface area contributed by atoms with E-state index in [1.54, 1.807) is 0 Å². The minimum atomic E-state index is 0.864. The monoisotopic (exact) mass is 267 g/mol. The van der Waals surface area contributed by atoms with Crippen molar-refractivity contribution >= 4 is 22.6 Å². The van der Waals surface area contributed by atoms with Crippen LogP contribution in [0.3, 0.4) is 0 Å². The van der Waals surface area contributed by atoms with Gasteiger partial charge in [0.05, 0.1) is 0 Å². The highest BCUT2D eigenvalue weighted by Crippen LogP contribution is 2.17. The van der Waals surface area contributed by atoms with Crippen molar-refractivity contribution in [3.05, 3.63) is 0 Å². The van der Waals surface area contributed by atoms with E-state index in [4.69, 9.17) is 0 Å². The molecule has 1 saturated heterocycles. The summed E-state index contributed by atoms with van der Waals surface area (Å²) >= 11 is 2.56. The molecule has 0 radical (unpaired) electrons. The van der Waals surface area contributed by atoms with Gasteiger partial charge in [0.1, 0.15) is 0 Å². The molecule has 0 unspecified atom stereocenters. The van der Waals surface area contributed by atoms with Crippen LogP contribution in [-0.4, -0.2) is 28.5 Å². The fourth-order valence-electron chi connectivity index (χ4n) is 1.43. The van der Waals surface area contributed by atoms with Crippen LogP contribution in [0.2, 0.25) is 0 Å². The van der Waals surface area contributed by atoms with Gasteiger partial charge in [-0.1, -0.05) is 36.4 Å². The summed E-state index contributed by atoms with van der Waals surface area (Å²) in [5, 5.41) is 0. The van der Waals surface area contributed by atoms with Crippen LogP contribution in [0.25, 0.3) is 0 Å². The van der Waals surface area contributed by atoms with E-state index in [1.165, 1.54) is 32.5 Å². The summed E-state index contributed by atoms with van der Waals surface area (Å²) < 4.78 is 0.916. The number of halogens is 1. The quantitative estimate of drug-likeness (QED) is 0.561. The van der Waals surface area contributed by atoms with Gasteiger partial charge in [0, 0.05) is 10.5 Å². The summed E-state index contributed by atoms with van der Waals surface area (Å²) in [5.74, 6) is 0.864. The molecule has 66 valence electrons. The summed E-state index contributed by atoms with van der Waals surface area (Å²) in [5.41, 5.74) is 0. The van der Waals surface area contributed by atoms with E-state index in [1.807, 2.05) is 0 Å². The standard InChI is InChI=1S/C9H18IN/c1-8(2)3-5-11-6-4-9(10)7-11/h8-9H,3-7H2,1-2H3/t9-/m1/s1. The molecule has 2 heteroatoms. The van der Waals surface area contributed by atoms with Gasteiger partial charge in [-0.3, -0.25) is 0 Å². The first-order chi connectivity index (χ1) is 5.18. The van der Waals surface area contributed by atoms with Gasteiger partial charge in [-0.05, 0) is 31.8 Å². The second-order valence-corrected chi connectivity index (χ2v) is 5.63. The second-order valence-electron chi connectivity index (χ2n) is 3.87. The van der Waals surface area contributed by atoms with E-state index in [0.717, 1.165) is 9.84 Å². The van der Waals surface area contributed by atoms with Crippen molar-refractivity contribution in [2.24, 2.45) is 5.92 Å². The van der Waals surface area contributed by atoms with Crippen LogP contribution in [0.5, 0.6) is 0 Å². The molecule has 0 aromatic carbocycles. The minimum absolute atomic E-state index is 0.864. The number of hydrogen-bond acceptors (Lipinski definition) is 1. The zero-order chi connectivity index (χ0) is 8.27. The first-order valence-electron chi connectivity index (χ1n) is 4.55. The smallest absolute Gasteiger partial charge is 0.0249 e. The Kier molecular flexibility index (Phi) is 4.13. The van der Waals surface area contributed by atoms with Crippen molar-refractivity contribution < 1.29 is 0 Å². The zero-order valence-electron chi connectivity index (χ0n) is 7.52.